The topological polar surface area (TPSA) is 66.9 Å². The average Bonchev–Trinajstić information content (AvgIpc) is 2.44. The molecule has 1 amide bonds. The quantitative estimate of drug-likeness (QED) is 0.717. The monoisotopic (exact) mass is 432 g/mol. The molecule has 1 aromatic carbocycles. The number of sulfonamides is 1. The number of hydrogen-bond acceptors (Lipinski definition) is 4. The Morgan fingerprint density at radius 1 is 1.24 bits per heavy atom. The van der Waals surface area contributed by atoms with Crippen molar-refractivity contribution in [1.29, 1.82) is 0 Å². The Balaban J connectivity index is 2.15. The van der Waals surface area contributed by atoms with Crippen LogP contribution in [0.1, 0.15) is 33.3 Å². The summed E-state index contributed by atoms with van der Waals surface area (Å²) in [4.78, 5) is 14.1. The van der Waals surface area contributed by atoms with Crippen LogP contribution in [0.2, 0.25) is 0 Å². The molecule has 1 fully saturated rings. The van der Waals surface area contributed by atoms with Crippen molar-refractivity contribution < 1.29 is 17.9 Å². The van der Waals surface area contributed by atoms with E-state index in [0.29, 0.717) is 6.54 Å². The zero-order valence-corrected chi connectivity index (χ0v) is 17.6. The molecular weight excluding hydrogens is 408 g/mol. The number of benzene rings is 1. The molecule has 0 unspecified atom stereocenters. The number of piperazine rings is 1. The molecule has 1 heterocycles. The molecule has 1 aromatic rings. The van der Waals surface area contributed by atoms with Crippen LogP contribution in [0.15, 0.2) is 27.6 Å². The lowest BCUT2D eigenvalue weighted by Gasteiger charge is -2.39. The third kappa shape index (κ3) is 4.95. The minimum atomic E-state index is -3.60. The van der Waals surface area contributed by atoms with Crippen LogP contribution in [-0.2, 0) is 14.8 Å². The zero-order chi connectivity index (χ0) is 19.0. The predicted molar refractivity (Wildman–Crippen MR) is 100 cm³/mol. The number of carbonyl (C=O) groups excluding carboxylic acids is 1. The summed E-state index contributed by atoms with van der Waals surface area (Å²) in [5.74, 6) is 0. The molecule has 1 atom stereocenters. The Kier molecular flexibility index (Phi) is 5.85. The maximum Gasteiger partial charge on any atom is 0.410 e. The number of carbonyl (C=O) groups is 1. The lowest BCUT2D eigenvalue weighted by atomic mass is 10.2. The number of hydrogen-bond donors (Lipinski definition) is 0. The highest BCUT2D eigenvalue weighted by molar-refractivity contribution is 9.10. The largest absolute Gasteiger partial charge is 0.444 e. The van der Waals surface area contributed by atoms with E-state index in [1.165, 1.54) is 4.31 Å². The first-order valence-electron chi connectivity index (χ1n) is 8.17. The number of amides is 1. The minimum absolute atomic E-state index is 0.243. The van der Waals surface area contributed by atoms with E-state index in [1.54, 1.807) is 17.0 Å². The molecule has 0 radical (unpaired) electrons. The van der Waals surface area contributed by atoms with Crippen LogP contribution in [-0.4, -0.2) is 55.0 Å². The number of rotatable bonds is 2. The fourth-order valence-electron chi connectivity index (χ4n) is 2.74. The molecule has 1 aliphatic rings. The van der Waals surface area contributed by atoms with E-state index in [9.17, 15) is 13.2 Å². The van der Waals surface area contributed by atoms with Gasteiger partial charge in [0.2, 0.25) is 10.0 Å². The molecule has 25 heavy (non-hydrogen) atoms. The molecular formula is C17H25BrN2O4S. The van der Waals surface area contributed by atoms with E-state index in [-0.39, 0.29) is 24.0 Å². The van der Waals surface area contributed by atoms with Crippen LogP contribution in [0.3, 0.4) is 0 Å². The van der Waals surface area contributed by atoms with E-state index < -0.39 is 21.7 Å². The first-order chi connectivity index (χ1) is 11.4. The predicted octanol–water partition coefficient (Wildman–Crippen LogP) is 3.39. The highest BCUT2D eigenvalue weighted by Gasteiger charge is 2.36. The summed E-state index contributed by atoms with van der Waals surface area (Å²) in [7, 11) is -3.60. The van der Waals surface area contributed by atoms with Gasteiger partial charge in [-0.15, -0.1) is 0 Å². The number of ether oxygens (including phenoxy) is 1. The van der Waals surface area contributed by atoms with Gasteiger partial charge in [-0.2, -0.15) is 4.31 Å². The van der Waals surface area contributed by atoms with Crippen molar-refractivity contribution in [3.05, 3.63) is 28.2 Å². The van der Waals surface area contributed by atoms with Crippen molar-refractivity contribution in [1.82, 2.24) is 9.21 Å². The second-order valence-electron chi connectivity index (χ2n) is 7.35. The van der Waals surface area contributed by atoms with Gasteiger partial charge in [-0.3, -0.25) is 0 Å². The molecule has 8 heteroatoms. The SMILES string of the molecule is Cc1cc(Br)cc(S(=O)(=O)N2CCN(C(=O)OC(C)(C)C)[C@@H](C)C2)c1. The second-order valence-corrected chi connectivity index (χ2v) is 10.2. The third-order valence-corrected chi connectivity index (χ3v) is 6.17. The maximum absolute atomic E-state index is 12.9. The normalized spacial score (nSPS) is 19.8. The number of nitrogens with zero attached hydrogens (tertiary/aromatic N) is 2. The lowest BCUT2D eigenvalue weighted by Crippen LogP contribution is -2.56. The molecule has 1 saturated heterocycles. The first kappa shape index (κ1) is 20.2. The Bertz CT molecular complexity index is 738. The Morgan fingerprint density at radius 2 is 1.88 bits per heavy atom. The molecule has 2 rings (SSSR count). The zero-order valence-electron chi connectivity index (χ0n) is 15.2. The highest BCUT2D eigenvalue weighted by Crippen LogP contribution is 2.25. The van der Waals surface area contributed by atoms with Gasteiger partial charge in [0.25, 0.3) is 0 Å². The Labute approximate surface area is 158 Å². The van der Waals surface area contributed by atoms with E-state index in [4.69, 9.17) is 4.74 Å². The summed E-state index contributed by atoms with van der Waals surface area (Å²) in [6.45, 7) is 9.92. The molecule has 0 aromatic heterocycles. The number of halogens is 1. The fraction of sp³-hybridized carbons (Fsp3) is 0.588. The fourth-order valence-corrected chi connectivity index (χ4v) is 5.14. The van der Waals surface area contributed by atoms with Gasteiger partial charge >= 0.3 is 6.09 Å². The summed E-state index contributed by atoms with van der Waals surface area (Å²) >= 11 is 3.35. The van der Waals surface area contributed by atoms with Crippen LogP contribution in [0, 0.1) is 6.92 Å². The van der Waals surface area contributed by atoms with E-state index in [0.717, 1.165) is 10.0 Å². The molecule has 0 N–H and O–H groups in total. The summed E-state index contributed by atoms with van der Waals surface area (Å²) in [5.41, 5.74) is 0.293. The van der Waals surface area contributed by atoms with Crippen molar-refractivity contribution in [3.63, 3.8) is 0 Å². The molecule has 0 spiro atoms. The van der Waals surface area contributed by atoms with Crippen LogP contribution in [0.25, 0.3) is 0 Å². The molecule has 0 aliphatic carbocycles. The summed E-state index contributed by atoms with van der Waals surface area (Å²) in [6, 6.07) is 4.87. The molecule has 6 nitrogen and oxygen atoms in total. The van der Waals surface area contributed by atoms with Crippen LogP contribution in [0.5, 0.6) is 0 Å². The van der Waals surface area contributed by atoms with Crippen molar-refractivity contribution >= 4 is 32.0 Å². The smallest absolute Gasteiger partial charge is 0.410 e. The average molecular weight is 433 g/mol. The van der Waals surface area contributed by atoms with Crippen molar-refractivity contribution in [2.75, 3.05) is 19.6 Å². The van der Waals surface area contributed by atoms with Gasteiger partial charge in [-0.1, -0.05) is 15.9 Å². The molecule has 140 valence electrons. The van der Waals surface area contributed by atoms with E-state index >= 15 is 0 Å². The van der Waals surface area contributed by atoms with Gasteiger partial charge in [0, 0.05) is 30.1 Å². The summed E-state index contributed by atoms with van der Waals surface area (Å²) in [6.07, 6.45) is -0.407. The Hall–Kier alpha value is -1.12. The summed E-state index contributed by atoms with van der Waals surface area (Å²) < 4.78 is 33.4. The molecule has 0 bridgehead atoms. The lowest BCUT2D eigenvalue weighted by molar-refractivity contribution is 0.00859. The van der Waals surface area contributed by atoms with Gasteiger partial charge < -0.3 is 9.64 Å². The van der Waals surface area contributed by atoms with Crippen LogP contribution in [0.4, 0.5) is 4.79 Å². The molecule has 1 aliphatic heterocycles. The van der Waals surface area contributed by atoms with Crippen molar-refractivity contribution in [2.45, 2.75) is 51.2 Å². The van der Waals surface area contributed by atoms with E-state index in [2.05, 4.69) is 15.9 Å². The van der Waals surface area contributed by atoms with Crippen molar-refractivity contribution in [2.24, 2.45) is 0 Å². The third-order valence-electron chi connectivity index (χ3n) is 3.87. The molecule has 0 saturated carbocycles. The van der Waals surface area contributed by atoms with E-state index in [1.807, 2.05) is 40.7 Å². The van der Waals surface area contributed by atoms with Crippen LogP contribution < -0.4 is 0 Å². The summed E-state index contributed by atoms with van der Waals surface area (Å²) in [5, 5.41) is 0. The van der Waals surface area contributed by atoms with Gasteiger partial charge in [-0.05, 0) is 58.4 Å². The van der Waals surface area contributed by atoms with Crippen LogP contribution >= 0.6 is 15.9 Å². The second kappa shape index (κ2) is 7.25. The first-order valence-corrected chi connectivity index (χ1v) is 10.4. The van der Waals surface area contributed by atoms with Gasteiger partial charge in [0.1, 0.15) is 5.60 Å². The maximum atomic E-state index is 12.9. The van der Waals surface area contributed by atoms with Gasteiger partial charge in [-0.25, -0.2) is 13.2 Å². The standard InChI is InChI=1S/C17H25BrN2O4S/c1-12-8-14(18)10-15(9-12)25(22,23)19-6-7-20(13(2)11-19)16(21)24-17(3,4)5/h8-10,13H,6-7,11H2,1-5H3/t13-/m0/s1. The van der Waals surface area contributed by atoms with Gasteiger partial charge in [0.05, 0.1) is 4.90 Å². The van der Waals surface area contributed by atoms with Crippen molar-refractivity contribution in [3.8, 4) is 0 Å². The Morgan fingerprint density at radius 3 is 2.40 bits per heavy atom. The van der Waals surface area contributed by atoms with Gasteiger partial charge in [0.15, 0.2) is 0 Å². The minimum Gasteiger partial charge on any atom is -0.444 e. The number of aryl methyl sites for hydroxylation is 1. The highest BCUT2D eigenvalue weighted by atomic mass is 79.9.